The lowest BCUT2D eigenvalue weighted by atomic mass is 9.78. The first kappa shape index (κ1) is 11.0. The van der Waals surface area contributed by atoms with E-state index in [4.69, 9.17) is 9.47 Å². The Morgan fingerprint density at radius 1 is 1.39 bits per heavy atom. The molecule has 0 radical (unpaired) electrons. The van der Waals surface area contributed by atoms with Crippen molar-refractivity contribution in [3.05, 3.63) is 23.8 Å². The number of carbonyl (C=O) groups excluding carboxylic acids is 1. The van der Waals surface area contributed by atoms with Gasteiger partial charge in [0.2, 0.25) is 0 Å². The molecule has 18 heavy (non-hydrogen) atoms. The summed E-state index contributed by atoms with van der Waals surface area (Å²) in [5, 5.41) is 12.0. The van der Waals surface area contributed by atoms with Gasteiger partial charge in [-0.3, -0.25) is 9.59 Å². The van der Waals surface area contributed by atoms with Crippen molar-refractivity contribution in [2.24, 2.45) is 0 Å². The molecule has 2 heterocycles. The van der Waals surface area contributed by atoms with Gasteiger partial charge in [-0.05, 0) is 17.7 Å². The zero-order valence-electron chi connectivity index (χ0n) is 9.43. The maximum atomic E-state index is 11.3. The van der Waals surface area contributed by atoms with E-state index in [0.717, 1.165) is 0 Å². The summed E-state index contributed by atoms with van der Waals surface area (Å²) in [6.07, 6.45) is 0. The predicted molar refractivity (Wildman–Crippen MR) is 60.7 cm³/mol. The Hall–Kier alpha value is -2.08. The highest BCUT2D eigenvalue weighted by atomic mass is 16.5. The van der Waals surface area contributed by atoms with Crippen LogP contribution in [0.25, 0.3) is 0 Å². The SMILES string of the molecule is O=C1COc2ccc(C3(C(=O)O)COC3)cc2N1. The van der Waals surface area contributed by atoms with Crippen molar-refractivity contribution in [2.45, 2.75) is 5.41 Å². The molecule has 0 saturated carbocycles. The monoisotopic (exact) mass is 249 g/mol. The molecule has 1 fully saturated rings. The van der Waals surface area contributed by atoms with Crippen molar-refractivity contribution in [3.63, 3.8) is 0 Å². The summed E-state index contributed by atoms with van der Waals surface area (Å²) in [6, 6.07) is 5.02. The van der Waals surface area contributed by atoms with E-state index in [-0.39, 0.29) is 25.7 Å². The number of carboxylic acid groups (broad SMARTS) is 1. The van der Waals surface area contributed by atoms with Gasteiger partial charge in [-0.1, -0.05) is 6.07 Å². The topological polar surface area (TPSA) is 84.9 Å². The molecule has 6 heteroatoms. The van der Waals surface area contributed by atoms with Gasteiger partial charge in [0.05, 0.1) is 18.9 Å². The molecule has 0 unspecified atom stereocenters. The van der Waals surface area contributed by atoms with Gasteiger partial charge in [-0.25, -0.2) is 0 Å². The zero-order valence-corrected chi connectivity index (χ0v) is 9.43. The Labute approximate surface area is 103 Å². The van der Waals surface area contributed by atoms with Gasteiger partial charge < -0.3 is 19.9 Å². The standard InChI is InChI=1S/C12H11NO5/c14-10-4-18-9-2-1-7(3-8(9)13-10)12(11(15)16)5-17-6-12/h1-3H,4-6H2,(H,13,14)(H,15,16). The number of ether oxygens (including phenoxy) is 2. The number of fused-ring (bicyclic) bond motifs is 1. The minimum absolute atomic E-state index is 0.0144. The number of carboxylic acids is 1. The van der Waals surface area contributed by atoms with Crippen LogP contribution in [0, 0.1) is 0 Å². The molecule has 3 rings (SSSR count). The van der Waals surface area contributed by atoms with Crippen LogP contribution in [0.5, 0.6) is 5.75 Å². The summed E-state index contributed by atoms with van der Waals surface area (Å²) in [6.45, 7) is 0.283. The molecule has 1 amide bonds. The van der Waals surface area contributed by atoms with Crippen LogP contribution < -0.4 is 10.1 Å². The lowest BCUT2D eigenvalue weighted by Gasteiger charge is -2.38. The van der Waals surface area contributed by atoms with E-state index < -0.39 is 11.4 Å². The Morgan fingerprint density at radius 3 is 2.78 bits per heavy atom. The first-order chi connectivity index (χ1) is 8.62. The molecule has 94 valence electrons. The molecule has 2 N–H and O–H groups in total. The summed E-state index contributed by atoms with van der Waals surface area (Å²) in [5.74, 6) is -0.607. The molecule has 0 spiro atoms. The molecule has 1 aromatic carbocycles. The third kappa shape index (κ3) is 1.46. The Kier molecular flexibility index (Phi) is 2.27. The van der Waals surface area contributed by atoms with Crippen molar-refractivity contribution in [1.29, 1.82) is 0 Å². The van der Waals surface area contributed by atoms with Crippen LogP contribution in [-0.2, 0) is 19.7 Å². The highest BCUT2D eigenvalue weighted by molar-refractivity contribution is 5.96. The van der Waals surface area contributed by atoms with Crippen molar-refractivity contribution in [3.8, 4) is 5.75 Å². The minimum atomic E-state index is -1.00. The molecule has 2 aliphatic rings. The quantitative estimate of drug-likeness (QED) is 0.791. The van der Waals surface area contributed by atoms with E-state index in [2.05, 4.69) is 5.32 Å². The summed E-state index contributed by atoms with van der Waals surface area (Å²) < 4.78 is 10.2. The fourth-order valence-corrected chi connectivity index (χ4v) is 2.10. The second-order valence-corrected chi connectivity index (χ2v) is 4.43. The highest BCUT2D eigenvalue weighted by Gasteiger charge is 2.48. The average Bonchev–Trinajstić information content (AvgIpc) is 2.26. The average molecular weight is 249 g/mol. The number of nitrogens with one attached hydrogen (secondary N) is 1. The number of hydrogen-bond acceptors (Lipinski definition) is 4. The highest BCUT2D eigenvalue weighted by Crippen LogP contribution is 2.37. The van der Waals surface area contributed by atoms with Crippen LogP contribution in [0.15, 0.2) is 18.2 Å². The van der Waals surface area contributed by atoms with Gasteiger partial charge >= 0.3 is 5.97 Å². The summed E-state index contributed by atoms with van der Waals surface area (Å²) in [5.41, 5.74) is 0.124. The van der Waals surface area contributed by atoms with Crippen molar-refractivity contribution < 1.29 is 24.2 Å². The van der Waals surface area contributed by atoms with Crippen LogP contribution >= 0.6 is 0 Å². The third-order valence-corrected chi connectivity index (χ3v) is 3.27. The molecule has 0 aliphatic carbocycles. The van der Waals surface area contributed by atoms with Crippen molar-refractivity contribution in [2.75, 3.05) is 25.1 Å². The van der Waals surface area contributed by atoms with Crippen molar-refractivity contribution >= 4 is 17.6 Å². The normalized spacial score (nSPS) is 20.1. The lowest BCUT2D eigenvalue weighted by molar-refractivity contribution is -0.163. The Bertz CT molecular complexity index is 535. The number of carbonyl (C=O) groups is 2. The maximum Gasteiger partial charge on any atom is 0.318 e. The summed E-state index contributed by atoms with van der Waals surface area (Å²) in [7, 11) is 0. The summed E-state index contributed by atoms with van der Waals surface area (Å²) >= 11 is 0. The van der Waals surface area contributed by atoms with Gasteiger partial charge in [0.15, 0.2) is 6.61 Å². The smallest absolute Gasteiger partial charge is 0.318 e. The molecular weight excluding hydrogens is 238 g/mol. The fraction of sp³-hybridized carbons (Fsp3) is 0.333. The number of amides is 1. The van der Waals surface area contributed by atoms with Gasteiger partial charge in [-0.15, -0.1) is 0 Å². The van der Waals surface area contributed by atoms with E-state index in [1.54, 1.807) is 18.2 Å². The predicted octanol–water partition coefficient (Wildman–Crippen LogP) is 0.370. The molecule has 2 aliphatic heterocycles. The van der Waals surface area contributed by atoms with E-state index >= 15 is 0 Å². The second kappa shape index (κ2) is 3.71. The van der Waals surface area contributed by atoms with E-state index in [1.165, 1.54) is 0 Å². The van der Waals surface area contributed by atoms with Gasteiger partial charge in [0.1, 0.15) is 11.2 Å². The molecule has 6 nitrogen and oxygen atoms in total. The van der Waals surface area contributed by atoms with Crippen LogP contribution in [-0.4, -0.2) is 36.8 Å². The van der Waals surface area contributed by atoms with E-state index in [1.807, 2.05) is 0 Å². The van der Waals surface area contributed by atoms with Crippen LogP contribution in [0.3, 0.4) is 0 Å². The number of benzene rings is 1. The number of anilines is 1. The van der Waals surface area contributed by atoms with Gasteiger partial charge in [0.25, 0.3) is 5.91 Å². The zero-order chi connectivity index (χ0) is 12.8. The first-order valence-electron chi connectivity index (χ1n) is 5.50. The van der Waals surface area contributed by atoms with Gasteiger partial charge in [0, 0.05) is 0 Å². The minimum Gasteiger partial charge on any atom is -0.482 e. The van der Waals surface area contributed by atoms with Crippen molar-refractivity contribution in [1.82, 2.24) is 0 Å². The summed E-state index contributed by atoms with van der Waals surface area (Å²) in [4.78, 5) is 22.6. The molecule has 1 aromatic rings. The number of hydrogen-bond donors (Lipinski definition) is 2. The molecule has 1 saturated heterocycles. The number of rotatable bonds is 2. The molecule has 0 aromatic heterocycles. The Morgan fingerprint density at radius 2 is 2.17 bits per heavy atom. The lowest BCUT2D eigenvalue weighted by Crippen LogP contribution is -2.53. The van der Waals surface area contributed by atoms with E-state index in [0.29, 0.717) is 17.0 Å². The first-order valence-corrected chi connectivity index (χ1v) is 5.50. The maximum absolute atomic E-state index is 11.3. The second-order valence-electron chi connectivity index (χ2n) is 4.43. The van der Waals surface area contributed by atoms with Crippen LogP contribution in [0.4, 0.5) is 5.69 Å². The molecule has 0 atom stereocenters. The Balaban J connectivity index is 2.01. The number of aliphatic carboxylic acids is 1. The largest absolute Gasteiger partial charge is 0.482 e. The van der Waals surface area contributed by atoms with Gasteiger partial charge in [-0.2, -0.15) is 0 Å². The fourth-order valence-electron chi connectivity index (χ4n) is 2.10. The molecular formula is C12H11NO5. The third-order valence-electron chi connectivity index (χ3n) is 3.27. The molecule has 0 bridgehead atoms. The van der Waals surface area contributed by atoms with Crippen LogP contribution in [0.2, 0.25) is 0 Å². The van der Waals surface area contributed by atoms with Crippen LogP contribution in [0.1, 0.15) is 5.56 Å². The van der Waals surface area contributed by atoms with E-state index in [9.17, 15) is 14.7 Å².